The molecular formula is C43H37N3. The number of nitrogens with one attached hydrogen (secondary N) is 1. The maximum absolute atomic E-state index is 5.12. The van der Waals surface area contributed by atoms with Crippen LogP contribution in [0.15, 0.2) is 168 Å². The molecule has 0 fully saturated rings. The molecule has 0 spiro atoms. The van der Waals surface area contributed by atoms with Gasteiger partial charge in [-0.25, -0.2) is 9.98 Å². The molecule has 1 N–H and O–H groups in total. The van der Waals surface area contributed by atoms with Gasteiger partial charge in [0, 0.05) is 11.1 Å². The minimum Gasteiger partial charge on any atom is -0.344 e. The number of benzene rings is 6. The molecule has 1 heterocycles. The summed E-state index contributed by atoms with van der Waals surface area (Å²) in [5, 5.41) is 3.62. The van der Waals surface area contributed by atoms with Gasteiger partial charge in [-0.2, -0.15) is 0 Å². The van der Waals surface area contributed by atoms with E-state index in [1.807, 2.05) is 12.1 Å². The third-order valence-electron chi connectivity index (χ3n) is 8.57. The quantitative estimate of drug-likeness (QED) is 0.204. The van der Waals surface area contributed by atoms with Crippen LogP contribution in [0.3, 0.4) is 0 Å². The second-order valence-electron chi connectivity index (χ2n) is 12.8. The number of hydrogen-bond acceptors (Lipinski definition) is 3. The van der Waals surface area contributed by atoms with Crippen molar-refractivity contribution in [3.05, 3.63) is 180 Å². The highest BCUT2D eigenvalue weighted by Gasteiger charge is 2.21. The van der Waals surface area contributed by atoms with Gasteiger partial charge in [0.2, 0.25) is 0 Å². The number of amidine groups is 2. The van der Waals surface area contributed by atoms with E-state index in [0.717, 1.165) is 22.5 Å². The Kier molecular flexibility index (Phi) is 7.90. The maximum atomic E-state index is 5.12. The van der Waals surface area contributed by atoms with Gasteiger partial charge in [0.25, 0.3) is 0 Å². The zero-order valence-corrected chi connectivity index (χ0v) is 26.5. The van der Waals surface area contributed by atoms with Crippen molar-refractivity contribution in [3.8, 4) is 33.4 Å². The Hall–Kier alpha value is -5.54. The molecule has 0 saturated carbocycles. The van der Waals surface area contributed by atoms with Gasteiger partial charge in [0.1, 0.15) is 12.0 Å². The van der Waals surface area contributed by atoms with E-state index in [0.29, 0.717) is 5.84 Å². The highest BCUT2D eigenvalue weighted by molar-refractivity contribution is 6.13. The summed E-state index contributed by atoms with van der Waals surface area (Å²) >= 11 is 0. The molecule has 0 radical (unpaired) electrons. The Morgan fingerprint density at radius 2 is 0.826 bits per heavy atom. The number of aliphatic imine (C=N–C) groups is 2. The summed E-state index contributed by atoms with van der Waals surface area (Å²) in [6.07, 6.45) is -0.272. The highest BCUT2D eigenvalue weighted by Crippen LogP contribution is 2.29. The molecule has 1 aliphatic rings. The lowest BCUT2D eigenvalue weighted by Gasteiger charge is -2.24. The van der Waals surface area contributed by atoms with Gasteiger partial charge >= 0.3 is 0 Å². The van der Waals surface area contributed by atoms with Crippen molar-refractivity contribution in [2.75, 3.05) is 0 Å². The van der Waals surface area contributed by atoms with E-state index in [2.05, 4.69) is 172 Å². The number of nitrogens with zero attached hydrogens (tertiary/aromatic N) is 2. The van der Waals surface area contributed by atoms with Crippen LogP contribution in [0, 0.1) is 0 Å². The first-order valence-electron chi connectivity index (χ1n) is 15.9. The first kappa shape index (κ1) is 29.2. The minimum atomic E-state index is -0.272. The summed E-state index contributed by atoms with van der Waals surface area (Å²) in [4.78, 5) is 10.2. The molecule has 224 valence electrons. The standard InChI is InChI=1S/C43H37N3/c1-43(2,3)39-28-26-35(27-29-39)34-18-24-38(25-19-34)42-45-40(36-20-14-32(15-21-36)30-10-6-4-7-11-30)44-41(46-42)37-22-16-33(17-23-37)31-12-8-5-9-13-31/h4-29,40H,1-3H3,(H,44,45,46). The normalized spacial score (nSPS) is 14.6. The molecule has 0 aliphatic carbocycles. The van der Waals surface area contributed by atoms with Crippen LogP contribution in [0.1, 0.15) is 49.2 Å². The Morgan fingerprint density at radius 1 is 0.435 bits per heavy atom. The van der Waals surface area contributed by atoms with E-state index < -0.39 is 0 Å². The van der Waals surface area contributed by atoms with E-state index in [9.17, 15) is 0 Å². The summed E-state index contributed by atoms with van der Waals surface area (Å²) in [5.41, 5.74) is 11.7. The van der Waals surface area contributed by atoms with Gasteiger partial charge in [0.15, 0.2) is 5.84 Å². The molecule has 7 rings (SSSR count). The number of hydrogen-bond donors (Lipinski definition) is 1. The third kappa shape index (κ3) is 6.31. The summed E-state index contributed by atoms with van der Waals surface area (Å²) in [6, 6.07) is 55.6. The third-order valence-corrected chi connectivity index (χ3v) is 8.57. The van der Waals surface area contributed by atoms with Crippen LogP contribution in [-0.2, 0) is 5.41 Å². The van der Waals surface area contributed by atoms with Crippen LogP contribution in [0.25, 0.3) is 33.4 Å². The van der Waals surface area contributed by atoms with Crippen molar-refractivity contribution in [2.45, 2.75) is 32.4 Å². The fraction of sp³-hybridized carbons (Fsp3) is 0.116. The predicted molar refractivity (Wildman–Crippen MR) is 193 cm³/mol. The average Bonchev–Trinajstić information content (AvgIpc) is 3.12. The number of rotatable bonds is 6. The molecule has 1 aliphatic heterocycles. The van der Waals surface area contributed by atoms with E-state index in [4.69, 9.17) is 9.98 Å². The fourth-order valence-corrected chi connectivity index (χ4v) is 5.81. The molecule has 46 heavy (non-hydrogen) atoms. The van der Waals surface area contributed by atoms with Crippen LogP contribution < -0.4 is 5.32 Å². The van der Waals surface area contributed by atoms with Crippen molar-refractivity contribution >= 4 is 11.7 Å². The zero-order chi connectivity index (χ0) is 31.5. The van der Waals surface area contributed by atoms with Crippen LogP contribution in [0.5, 0.6) is 0 Å². The maximum Gasteiger partial charge on any atom is 0.159 e. The van der Waals surface area contributed by atoms with Gasteiger partial charge < -0.3 is 5.32 Å². The fourth-order valence-electron chi connectivity index (χ4n) is 5.81. The molecule has 1 unspecified atom stereocenters. The second-order valence-corrected chi connectivity index (χ2v) is 12.8. The highest BCUT2D eigenvalue weighted by atomic mass is 15.2. The molecule has 0 aromatic heterocycles. The Bertz CT molecular complexity index is 1980. The molecule has 3 heteroatoms. The van der Waals surface area contributed by atoms with E-state index in [1.165, 1.54) is 38.9 Å². The van der Waals surface area contributed by atoms with Crippen LogP contribution in [0.2, 0.25) is 0 Å². The Labute approximate surface area is 272 Å². The molecule has 3 nitrogen and oxygen atoms in total. The predicted octanol–water partition coefficient (Wildman–Crippen LogP) is 10.5. The van der Waals surface area contributed by atoms with Gasteiger partial charge in [-0.05, 0) is 49.9 Å². The van der Waals surface area contributed by atoms with Crippen LogP contribution in [0.4, 0.5) is 0 Å². The van der Waals surface area contributed by atoms with E-state index >= 15 is 0 Å². The van der Waals surface area contributed by atoms with Gasteiger partial charge in [-0.15, -0.1) is 0 Å². The van der Waals surface area contributed by atoms with Crippen molar-refractivity contribution in [1.29, 1.82) is 0 Å². The zero-order valence-electron chi connectivity index (χ0n) is 26.5. The molecule has 0 bridgehead atoms. The molecule has 6 aromatic carbocycles. The lowest BCUT2D eigenvalue weighted by molar-refractivity contribution is 0.590. The van der Waals surface area contributed by atoms with Crippen LogP contribution >= 0.6 is 0 Å². The lowest BCUT2D eigenvalue weighted by atomic mass is 9.86. The first-order chi connectivity index (χ1) is 22.4. The smallest absolute Gasteiger partial charge is 0.159 e. The Balaban J connectivity index is 1.21. The van der Waals surface area contributed by atoms with E-state index in [1.54, 1.807) is 0 Å². The average molecular weight is 596 g/mol. The largest absolute Gasteiger partial charge is 0.344 e. The summed E-state index contributed by atoms with van der Waals surface area (Å²) < 4.78 is 0. The molecule has 6 aromatic rings. The van der Waals surface area contributed by atoms with Crippen molar-refractivity contribution in [1.82, 2.24) is 5.32 Å². The molecule has 0 amide bonds. The summed E-state index contributed by atoms with van der Waals surface area (Å²) in [7, 11) is 0. The lowest BCUT2D eigenvalue weighted by Crippen LogP contribution is -2.33. The van der Waals surface area contributed by atoms with Crippen LogP contribution in [-0.4, -0.2) is 11.7 Å². The molecule has 0 saturated heterocycles. The van der Waals surface area contributed by atoms with Crippen molar-refractivity contribution < 1.29 is 0 Å². The summed E-state index contributed by atoms with van der Waals surface area (Å²) in [6.45, 7) is 6.73. The Morgan fingerprint density at radius 3 is 1.30 bits per heavy atom. The molecular weight excluding hydrogens is 558 g/mol. The SMILES string of the molecule is CC(C)(C)c1ccc(-c2ccc(C3=NC(c4ccc(-c5ccccc5)cc4)NC(c4ccc(-c5ccccc5)cc4)=N3)cc2)cc1. The van der Waals surface area contributed by atoms with Gasteiger partial charge in [-0.3, -0.25) is 0 Å². The van der Waals surface area contributed by atoms with Crippen molar-refractivity contribution in [2.24, 2.45) is 9.98 Å². The molecule has 1 atom stereocenters. The summed E-state index contributed by atoms with van der Waals surface area (Å²) in [5.74, 6) is 1.52. The monoisotopic (exact) mass is 595 g/mol. The second kappa shape index (κ2) is 12.5. The first-order valence-corrected chi connectivity index (χ1v) is 15.9. The van der Waals surface area contributed by atoms with Gasteiger partial charge in [-0.1, -0.05) is 178 Å². The van der Waals surface area contributed by atoms with E-state index in [-0.39, 0.29) is 11.6 Å². The van der Waals surface area contributed by atoms with Crippen molar-refractivity contribution in [3.63, 3.8) is 0 Å². The van der Waals surface area contributed by atoms with Gasteiger partial charge in [0.05, 0.1) is 0 Å². The topological polar surface area (TPSA) is 36.8 Å². The minimum absolute atomic E-state index is 0.130.